The zero-order chi connectivity index (χ0) is 13.7. The van der Waals surface area contributed by atoms with Gasteiger partial charge in [-0.2, -0.15) is 0 Å². The summed E-state index contributed by atoms with van der Waals surface area (Å²) in [5.74, 6) is -0.0818. The minimum atomic E-state index is -0.0818. The smallest absolute Gasteiger partial charge is 0.305 e. The number of carbonyl (C=O) groups excluding carboxylic acids is 1. The minimum Gasteiger partial charge on any atom is -0.466 e. The Hall–Kier alpha value is -1.35. The van der Waals surface area contributed by atoms with Crippen LogP contribution in [0.4, 0.5) is 0 Å². The Kier molecular flexibility index (Phi) is 4.97. The molecule has 1 aromatic rings. The maximum Gasteiger partial charge on any atom is 0.305 e. The summed E-state index contributed by atoms with van der Waals surface area (Å²) in [7, 11) is 0. The van der Waals surface area contributed by atoms with Gasteiger partial charge in [-0.05, 0) is 37.4 Å². The van der Waals surface area contributed by atoms with Crippen molar-refractivity contribution in [2.45, 2.75) is 39.2 Å². The SMILES string of the molecule is CCOC(=O)CCC1c2ccccc2CCN1CC. The van der Waals surface area contributed by atoms with Crippen LogP contribution >= 0.6 is 0 Å². The molecule has 0 fully saturated rings. The minimum absolute atomic E-state index is 0.0818. The van der Waals surface area contributed by atoms with Crippen LogP contribution in [-0.4, -0.2) is 30.6 Å². The maximum atomic E-state index is 11.6. The van der Waals surface area contributed by atoms with Crippen molar-refractivity contribution >= 4 is 5.97 Å². The summed E-state index contributed by atoms with van der Waals surface area (Å²) in [6.45, 7) is 6.62. The van der Waals surface area contributed by atoms with Gasteiger partial charge < -0.3 is 4.74 Å². The maximum absolute atomic E-state index is 11.6. The molecule has 0 bridgehead atoms. The van der Waals surface area contributed by atoms with Crippen LogP contribution in [0.3, 0.4) is 0 Å². The van der Waals surface area contributed by atoms with Crippen molar-refractivity contribution in [3.63, 3.8) is 0 Å². The summed E-state index contributed by atoms with van der Waals surface area (Å²) in [5.41, 5.74) is 2.82. The highest BCUT2D eigenvalue weighted by molar-refractivity contribution is 5.69. The predicted octanol–water partition coefficient (Wildman–Crippen LogP) is 2.95. The van der Waals surface area contributed by atoms with Gasteiger partial charge in [-0.1, -0.05) is 31.2 Å². The third-order valence-electron chi connectivity index (χ3n) is 3.86. The van der Waals surface area contributed by atoms with E-state index in [2.05, 4.69) is 36.1 Å². The molecule has 1 unspecified atom stereocenters. The van der Waals surface area contributed by atoms with Gasteiger partial charge in [0.1, 0.15) is 0 Å². The molecule has 0 saturated carbocycles. The van der Waals surface area contributed by atoms with Gasteiger partial charge in [0.25, 0.3) is 0 Å². The molecule has 1 aliphatic rings. The van der Waals surface area contributed by atoms with Crippen LogP contribution in [0.1, 0.15) is 43.9 Å². The monoisotopic (exact) mass is 261 g/mol. The third-order valence-corrected chi connectivity index (χ3v) is 3.86. The number of fused-ring (bicyclic) bond motifs is 1. The van der Waals surface area contributed by atoms with Crippen molar-refractivity contribution in [2.75, 3.05) is 19.7 Å². The summed E-state index contributed by atoms with van der Waals surface area (Å²) in [4.78, 5) is 14.0. The van der Waals surface area contributed by atoms with E-state index in [-0.39, 0.29) is 5.97 Å². The molecule has 1 atom stereocenters. The first kappa shape index (κ1) is 14.1. The Labute approximate surface area is 115 Å². The van der Waals surface area contributed by atoms with E-state index in [1.54, 1.807) is 0 Å². The average Bonchev–Trinajstić information content (AvgIpc) is 2.44. The molecule has 0 aromatic heterocycles. The van der Waals surface area contributed by atoms with E-state index >= 15 is 0 Å². The van der Waals surface area contributed by atoms with Crippen LogP contribution in [0.15, 0.2) is 24.3 Å². The summed E-state index contributed by atoms with van der Waals surface area (Å²) >= 11 is 0. The molecule has 2 rings (SSSR count). The Morgan fingerprint density at radius 3 is 2.89 bits per heavy atom. The van der Waals surface area contributed by atoms with Crippen molar-refractivity contribution in [1.29, 1.82) is 0 Å². The third kappa shape index (κ3) is 3.35. The molecule has 0 N–H and O–H groups in total. The number of benzene rings is 1. The molecule has 104 valence electrons. The standard InChI is InChI=1S/C16H23NO2/c1-3-17-12-11-13-7-5-6-8-14(13)15(17)9-10-16(18)19-4-2/h5-8,15H,3-4,9-12H2,1-2H3. The highest BCUT2D eigenvalue weighted by atomic mass is 16.5. The fourth-order valence-electron chi connectivity index (χ4n) is 2.91. The molecule has 0 aliphatic carbocycles. The Balaban J connectivity index is 2.09. The second kappa shape index (κ2) is 6.71. The molecule has 0 spiro atoms. The van der Waals surface area contributed by atoms with Crippen molar-refractivity contribution in [3.05, 3.63) is 35.4 Å². The van der Waals surface area contributed by atoms with E-state index in [9.17, 15) is 4.79 Å². The number of carbonyl (C=O) groups is 1. The number of nitrogens with zero attached hydrogens (tertiary/aromatic N) is 1. The van der Waals surface area contributed by atoms with Gasteiger partial charge in [0.05, 0.1) is 6.61 Å². The highest BCUT2D eigenvalue weighted by Gasteiger charge is 2.26. The fraction of sp³-hybridized carbons (Fsp3) is 0.562. The van der Waals surface area contributed by atoms with Gasteiger partial charge in [0, 0.05) is 19.0 Å². The first-order valence-electron chi connectivity index (χ1n) is 7.23. The summed E-state index contributed by atoms with van der Waals surface area (Å²) in [6, 6.07) is 8.96. The molecular formula is C16H23NO2. The van der Waals surface area contributed by atoms with E-state index in [0.29, 0.717) is 19.1 Å². The zero-order valence-corrected chi connectivity index (χ0v) is 11.9. The number of hydrogen-bond donors (Lipinski definition) is 0. The van der Waals surface area contributed by atoms with E-state index in [1.807, 2.05) is 6.92 Å². The molecule has 1 aromatic carbocycles. The van der Waals surface area contributed by atoms with E-state index in [1.165, 1.54) is 11.1 Å². The molecule has 3 nitrogen and oxygen atoms in total. The van der Waals surface area contributed by atoms with E-state index in [4.69, 9.17) is 4.74 Å². The quantitative estimate of drug-likeness (QED) is 0.763. The largest absolute Gasteiger partial charge is 0.466 e. The van der Waals surface area contributed by atoms with E-state index < -0.39 is 0 Å². The molecule has 0 saturated heterocycles. The van der Waals surface area contributed by atoms with Gasteiger partial charge in [-0.25, -0.2) is 0 Å². The van der Waals surface area contributed by atoms with Gasteiger partial charge in [-0.3, -0.25) is 9.69 Å². The lowest BCUT2D eigenvalue weighted by Crippen LogP contribution is -2.35. The number of hydrogen-bond acceptors (Lipinski definition) is 3. The van der Waals surface area contributed by atoms with Crippen LogP contribution < -0.4 is 0 Å². The van der Waals surface area contributed by atoms with Crippen molar-refractivity contribution in [3.8, 4) is 0 Å². The van der Waals surface area contributed by atoms with Gasteiger partial charge in [0.2, 0.25) is 0 Å². The number of esters is 1. The van der Waals surface area contributed by atoms with Crippen LogP contribution in [0.25, 0.3) is 0 Å². The van der Waals surface area contributed by atoms with Crippen molar-refractivity contribution < 1.29 is 9.53 Å². The molecule has 1 heterocycles. The van der Waals surface area contributed by atoms with Crippen LogP contribution in [0.5, 0.6) is 0 Å². The molecule has 0 amide bonds. The lowest BCUT2D eigenvalue weighted by molar-refractivity contribution is -0.143. The fourth-order valence-corrected chi connectivity index (χ4v) is 2.91. The van der Waals surface area contributed by atoms with E-state index in [0.717, 1.165) is 25.9 Å². The normalized spacial score (nSPS) is 18.9. The first-order valence-corrected chi connectivity index (χ1v) is 7.23. The predicted molar refractivity (Wildman–Crippen MR) is 76.0 cm³/mol. The van der Waals surface area contributed by atoms with Crippen molar-refractivity contribution in [2.24, 2.45) is 0 Å². The molecule has 1 aliphatic heterocycles. The molecule has 3 heteroatoms. The van der Waals surface area contributed by atoms with Gasteiger partial charge >= 0.3 is 5.97 Å². The van der Waals surface area contributed by atoms with Crippen LogP contribution in [0, 0.1) is 0 Å². The lowest BCUT2D eigenvalue weighted by Gasteiger charge is -2.36. The average molecular weight is 261 g/mol. The first-order chi connectivity index (χ1) is 9.26. The van der Waals surface area contributed by atoms with Crippen molar-refractivity contribution in [1.82, 2.24) is 4.90 Å². The Morgan fingerprint density at radius 2 is 2.16 bits per heavy atom. The number of ether oxygens (including phenoxy) is 1. The summed E-state index contributed by atoms with van der Waals surface area (Å²) < 4.78 is 5.03. The Bertz CT molecular complexity index is 431. The summed E-state index contributed by atoms with van der Waals surface area (Å²) in [6.07, 6.45) is 2.47. The van der Waals surface area contributed by atoms with Gasteiger partial charge in [0.15, 0.2) is 0 Å². The molecule has 19 heavy (non-hydrogen) atoms. The molecule has 0 radical (unpaired) electrons. The van der Waals surface area contributed by atoms with Crippen LogP contribution in [-0.2, 0) is 16.0 Å². The topological polar surface area (TPSA) is 29.5 Å². The Morgan fingerprint density at radius 1 is 1.37 bits per heavy atom. The summed E-state index contributed by atoms with van der Waals surface area (Å²) in [5, 5.41) is 0. The van der Waals surface area contributed by atoms with Gasteiger partial charge in [-0.15, -0.1) is 0 Å². The zero-order valence-electron chi connectivity index (χ0n) is 11.9. The number of likely N-dealkylation sites (N-methyl/N-ethyl adjacent to an activating group) is 1. The van der Waals surface area contributed by atoms with Crippen LogP contribution in [0.2, 0.25) is 0 Å². The second-order valence-electron chi connectivity index (χ2n) is 4.94. The lowest BCUT2D eigenvalue weighted by atomic mass is 9.90. The number of rotatable bonds is 5. The highest BCUT2D eigenvalue weighted by Crippen LogP contribution is 2.32. The molecular weight excluding hydrogens is 238 g/mol. The second-order valence-corrected chi connectivity index (χ2v) is 4.94.